The maximum Gasteiger partial charge on any atom is 0.124 e. The Balaban J connectivity index is 2.17. The molecule has 0 aliphatic heterocycles. The van der Waals surface area contributed by atoms with Crippen molar-refractivity contribution in [3.05, 3.63) is 51.3 Å². The number of ether oxygens (including phenoxy) is 2. The van der Waals surface area contributed by atoms with Gasteiger partial charge in [-0.2, -0.15) is 0 Å². The van der Waals surface area contributed by atoms with Gasteiger partial charge in [0, 0.05) is 21.4 Å². The number of nitrogens with one attached hydrogen (secondary N) is 1. The minimum Gasteiger partial charge on any atom is -0.497 e. The Kier molecular flexibility index (Phi) is 5.05. The Bertz CT molecular complexity index is 604. The van der Waals surface area contributed by atoms with Gasteiger partial charge in [0.1, 0.15) is 17.3 Å². The predicted molar refractivity (Wildman–Crippen MR) is 86.0 cm³/mol. The lowest BCUT2D eigenvalue weighted by Gasteiger charge is -2.13. The summed E-state index contributed by atoms with van der Waals surface area (Å²) in [6.45, 7) is 0.571. The molecule has 0 saturated carbocycles. The second kappa shape index (κ2) is 6.78. The van der Waals surface area contributed by atoms with E-state index in [1.165, 1.54) is 12.1 Å². The van der Waals surface area contributed by atoms with Gasteiger partial charge in [0.15, 0.2) is 0 Å². The van der Waals surface area contributed by atoms with Crippen molar-refractivity contribution in [2.24, 2.45) is 0 Å². The largest absolute Gasteiger partial charge is 0.497 e. The zero-order valence-corrected chi connectivity index (χ0v) is 13.4. The van der Waals surface area contributed by atoms with Crippen molar-refractivity contribution in [3.8, 4) is 11.5 Å². The Labute approximate surface area is 131 Å². The summed E-state index contributed by atoms with van der Waals surface area (Å²) in [6, 6.07) is 10.3. The molecule has 20 heavy (non-hydrogen) atoms. The molecule has 1 N–H and O–H groups in total. The Hall–Kier alpha value is -1.50. The topological polar surface area (TPSA) is 30.5 Å². The summed E-state index contributed by atoms with van der Waals surface area (Å²) in [7, 11) is 3.26. The van der Waals surface area contributed by atoms with Crippen molar-refractivity contribution in [1.29, 1.82) is 0 Å². The molecule has 5 heteroatoms. The van der Waals surface area contributed by atoms with Crippen LogP contribution < -0.4 is 14.8 Å². The number of hydrogen-bond donors (Lipinski definition) is 1. The van der Waals surface area contributed by atoms with Gasteiger partial charge in [0.2, 0.25) is 0 Å². The molecule has 0 amide bonds. The zero-order chi connectivity index (χ0) is 14.5. The first-order valence-corrected chi connectivity index (χ1v) is 7.11. The van der Waals surface area contributed by atoms with Crippen LogP contribution in [0, 0.1) is 9.39 Å². The quantitative estimate of drug-likeness (QED) is 0.786. The normalized spacial score (nSPS) is 10.2. The van der Waals surface area contributed by atoms with E-state index < -0.39 is 0 Å². The van der Waals surface area contributed by atoms with Crippen LogP contribution in [-0.4, -0.2) is 14.2 Å². The van der Waals surface area contributed by atoms with Crippen molar-refractivity contribution in [3.63, 3.8) is 0 Å². The van der Waals surface area contributed by atoms with Crippen LogP contribution in [0.15, 0.2) is 36.4 Å². The highest BCUT2D eigenvalue weighted by Crippen LogP contribution is 2.26. The van der Waals surface area contributed by atoms with Crippen LogP contribution in [0.4, 0.5) is 10.1 Å². The smallest absolute Gasteiger partial charge is 0.124 e. The molecule has 2 rings (SSSR count). The molecule has 2 aromatic rings. The summed E-state index contributed by atoms with van der Waals surface area (Å²) >= 11 is 2.10. The zero-order valence-electron chi connectivity index (χ0n) is 11.2. The van der Waals surface area contributed by atoms with Crippen molar-refractivity contribution < 1.29 is 13.9 Å². The highest BCUT2D eigenvalue weighted by Gasteiger charge is 2.06. The van der Waals surface area contributed by atoms with Crippen molar-refractivity contribution in [2.75, 3.05) is 19.5 Å². The minimum absolute atomic E-state index is 0.237. The number of benzene rings is 2. The van der Waals surface area contributed by atoms with E-state index in [9.17, 15) is 4.39 Å². The van der Waals surface area contributed by atoms with Gasteiger partial charge in [-0.1, -0.05) is 0 Å². The standard InChI is InChI=1S/C15H15FINO2/c1-19-12-4-6-15(20-2)10(7-12)9-18-14-5-3-11(16)8-13(14)17/h3-8,18H,9H2,1-2H3. The van der Waals surface area contributed by atoms with Gasteiger partial charge in [-0.25, -0.2) is 4.39 Å². The first kappa shape index (κ1) is 14.9. The number of methoxy groups -OCH3 is 2. The molecule has 0 spiro atoms. The van der Waals surface area contributed by atoms with E-state index in [1.807, 2.05) is 18.2 Å². The molecule has 0 saturated heterocycles. The molecule has 3 nitrogen and oxygen atoms in total. The van der Waals surface area contributed by atoms with Crippen LogP contribution in [-0.2, 0) is 6.54 Å². The molecule has 0 fully saturated rings. The first-order chi connectivity index (χ1) is 9.63. The van der Waals surface area contributed by atoms with Crippen LogP contribution in [0.5, 0.6) is 11.5 Å². The van der Waals surface area contributed by atoms with Crippen LogP contribution in [0.1, 0.15) is 5.56 Å². The molecular weight excluding hydrogens is 372 g/mol. The Morgan fingerprint density at radius 2 is 1.90 bits per heavy atom. The summed E-state index contributed by atoms with van der Waals surface area (Å²) in [5.74, 6) is 1.32. The molecule has 0 unspecified atom stereocenters. The van der Waals surface area contributed by atoms with Crippen molar-refractivity contribution in [1.82, 2.24) is 0 Å². The van der Waals surface area contributed by atoms with Gasteiger partial charge < -0.3 is 14.8 Å². The van der Waals surface area contributed by atoms with Crippen LogP contribution in [0.3, 0.4) is 0 Å². The van der Waals surface area contributed by atoms with Crippen molar-refractivity contribution >= 4 is 28.3 Å². The molecule has 0 aromatic heterocycles. The molecule has 0 bridgehead atoms. The van der Waals surface area contributed by atoms with Gasteiger partial charge in [-0.3, -0.25) is 0 Å². The number of halogens is 2. The highest BCUT2D eigenvalue weighted by molar-refractivity contribution is 14.1. The maximum absolute atomic E-state index is 13.1. The SMILES string of the molecule is COc1ccc(OC)c(CNc2ccc(F)cc2I)c1. The fraction of sp³-hybridized carbons (Fsp3) is 0.200. The van der Waals surface area contributed by atoms with E-state index in [0.29, 0.717) is 6.54 Å². The fourth-order valence-corrected chi connectivity index (χ4v) is 2.51. The molecule has 0 radical (unpaired) electrons. The molecule has 106 valence electrons. The second-order valence-corrected chi connectivity index (χ2v) is 5.32. The van der Waals surface area contributed by atoms with Gasteiger partial charge in [0.25, 0.3) is 0 Å². The summed E-state index contributed by atoms with van der Waals surface area (Å²) in [4.78, 5) is 0. The molecule has 0 heterocycles. The summed E-state index contributed by atoms with van der Waals surface area (Å²) in [5, 5.41) is 3.27. The van der Waals surface area contributed by atoms with Gasteiger partial charge >= 0.3 is 0 Å². The third-order valence-electron chi connectivity index (χ3n) is 2.89. The van der Waals surface area contributed by atoms with Crippen LogP contribution >= 0.6 is 22.6 Å². The average Bonchev–Trinajstić information content (AvgIpc) is 2.46. The summed E-state index contributed by atoms with van der Waals surface area (Å²) in [5.41, 5.74) is 1.86. The van der Waals surface area contributed by atoms with E-state index in [4.69, 9.17) is 9.47 Å². The Morgan fingerprint density at radius 3 is 2.55 bits per heavy atom. The molecular formula is C15H15FINO2. The van der Waals surface area contributed by atoms with E-state index in [-0.39, 0.29) is 5.82 Å². The lowest BCUT2D eigenvalue weighted by molar-refractivity contribution is 0.399. The number of rotatable bonds is 5. The van der Waals surface area contributed by atoms with E-state index >= 15 is 0 Å². The second-order valence-electron chi connectivity index (χ2n) is 4.16. The van der Waals surface area contributed by atoms with E-state index in [0.717, 1.165) is 26.3 Å². The predicted octanol–water partition coefficient (Wildman–Crippen LogP) is 4.06. The van der Waals surface area contributed by atoms with E-state index in [2.05, 4.69) is 27.9 Å². The number of anilines is 1. The van der Waals surface area contributed by atoms with Crippen LogP contribution in [0.2, 0.25) is 0 Å². The van der Waals surface area contributed by atoms with Gasteiger partial charge in [0.05, 0.1) is 14.2 Å². The minimum atomic E-state index is -0.237. The fourth-order valence-electron chi connectivity index (χ4n) is 1.84. The molecule has 0 atom stereocenters. The molecule has 2 aromatic carbocycles. The third kappa shape index (κ3) is 3.53. The molecule has 0 aliphatic rings. The Morgan fingerprint density at radius 1 is 1.10 bits per heavy atom. The summed E-state index contributed by atoms with van der Waals surface area (Å²) in [6.07, 6.45) is 0. The maximum atomic E-state index is 13.1. The highest BCUT2D eigenvalue weighted by atomic mass is 127. The first-order valence-electron chi connectivity index (χ1n) is 6.04. The van der Waals surface area contributed by atoms with Crippen molar-refractivity contribution in [2.45, 2.75) is 6.54 Å². The monoisotopic (exact) mass is 387 g/mol. The lowest BCUT2D eigenvalue weighted by atomic mass is 10.2. The summed E-state index contributed by atoms with van der Waals surface area (Å²) < 4.78 is 24.4. The number of hydrogen-bond acceptors (Lipinski definition) is 3. The van der Waals surface area contributed by atoms with Gasteiger partial charge in [-0.15, -0.1) is 0 Å². The van der Waals surface area contributed by atoms with Gasteiger partial charge in [-0.05, 0) is 59.0 Å². The lowest BCUT2D eigenvalue weighted by Crippen LogP contribution is -2.03. The van der Waals surface area contributed by atoms with Crippen LogP contribution in [0.25, 0.3) is 0 Å². The molecule has 0 aliphatic carbocycles. The van der Waals surface area contributed by atoms with E-state index in [1.54, 1.807) is 20.3 Å². The average molecular weight is 387 g/mol. The third-order valence-corrected chi connectivity index (χ3v) is 3.78.